The number of hydrogen-bond donors (Lipinski definition) is 1. The molecule has 0 amide bonds. The number of unbranched alkanes of at least 4 members (excludes halogenated alkanes) is 4. The number of aliphatic hydroxyl groups is 1. The van der Waals surface area contributed by atoms with Gasteiger partial charge in [-0.2, -0.15) is 0 Å². The smallest absolute Gasteiger partial charge is 0.330 e. The number of carbonyl (C=O) groups is 3. The van der Waals surface area contributed by atoms with Crippen molar-refractivity contribution in [2.45, 2.75) is 191 Å². The van der Waals surface area contributed by atoms with E-state index in [0.717, 1.165) is 81.8 Å². The van der Waals surface area contributed by atoms with E-state index in [1.807, 2.05) is 27.7 Å². The van der Waals surface area contributed by atoms with Crippen LogP contribution in [0.4, 0.5) is 5.00 Å². The van der Waals surface area contributed by atoms with E-state index in [0.29, 0.717) is 46.3 Å². The maximum Gasteiger partial charge on any atom is 0.330 e. The number of fused-ring (bicyclic) bond motifs is 2. The van der Waals surface area contributed by atoms with E-state index in [-0.39, 0.29) is 34.5 Å². The second-order valence-corrected chi connectivity index (χ2v) is 26.0. The maximum atomic E-state index is 14.9. The Bertz CT molecular complexity index is 2530. The minimum atomic E-state index is -0.437. The highest BCUT2D eigenvalue weighted by molar-refractivity contribution is 8.15. The lowest BCUT2D eigenvalue weighted by molar-refractivity contribution is -0.538. The Balaban J connectivity index is 1.70. The van der Waals surface area contributed by atoms with E-state index in [9.17, 15) is 19.5 Å². The molecule has 0 radical (unpaired) electrons. The van der Waals surface area contributed by atoms with E-state index >= 15 is 0 Å². The molecule has 74 heavy (non-hydrogen) atoms. The van der Waals surface area contributed by atoms with E-state index < -0.39 is 11.9 Å². The van der Waals surface area contributed by atoms with Crippen LogP contribution in [0.25, 0.3) is 38.8 Å². The van der Waals surface area contributed by atoms with Gasteiger partial charge in [-0.3, -0.25) is 4.79 Å². The van der Waals surface area contributed by atoms with Crippen LogP contribution in [0.2, 0.25) is 0 Å². The quantitative estimate of drug-likeness (QED) is 0.0359. The number of thioether (sulfide) groups is 1. The molecule has 5 rings (SSSR count). The van der Waals surface area contributed by atoms with E-state index in [1.165, 1.54) is 122 Å². The molecule has 4 heterocycles. The van der Waals surface area contributed by atoms with Gasteiger partial charge in [0.05, 0.1) is 43.5 Å². The molecule has 3 aromatic heterocycles. The maximum absolute atomic E-state index is 14.9. The summed E-state index contributed by atoms with van der Waals surface area (Å²) < 4.78 is 17.5. The number of carbonyl (C=O) groups excluding carboxylic acids is 3. The average molecular weight is 1090 g/mol. The molecule has 0 aromatic carbocycles. The third-order valence-electron chi connectivity index (χ3n) is 14.8. The molecule has 12 heteroatoms. The van der Waals surface area contributed by atoms with Crippen LogP contribution in [0, 0.1) is 35.5 Å². The van der Waals surface area contributed by atoms with Crippen LogP contribution in [0.5, 0.6) is 0 Å². The van der Waals surface area contributed by atoms with Gasteiger partial charge in [0.15, 0.2) is 0 Å². The van der Waals surface area contributed by atoms with Gasteiger partial charge in [0, 0.05) is 68.4 Å². The standard InChI is InChI=1S/C62H92N2O6S4/c1-13-21-25-43(17-5)35-63(36-44(18-6)26-22-14-2)51-33-49-59(73-51)47(29-31-53(65)69-39-41(9)10)61(71-49)55-57(67)56(58(55)68)62-48(30-32-54(66)70-40-42(11)12)60-50(72-62)34-52(74-60)64(37-45(19-7)27-23-15-3)38-46(20-8)28-24-16-4/h29-34,41-46H,13-28,35-40H2,1-12H3/p+1. The zero-order valence-corrected chi connectivity index (χ0v) is 50.8. The number of ether oxygens (including phenoxy) is 2. The molecule has 1 aliphatic carbocycles. The van der Waals surface area contributed by atoms with Crippen molar-refractivity contribution >= 4 is 112 Å². The molecular weight excluding hydrogens is 997 g/mol. The van der Waals surface area contributed by atoms with Crippen molar-refractivity contribution in [3.63, 3.8) is 0 Å². The Morgan fingerprint density at radius 1 is 0.662 bits per heavy atom. The second kappa shape index (κ2) is 31.1. The summed E-state index contributed by atoms with van der Waals surface area (Å²) in [4.78, 5) is 45.6. The van der Waals surface area contributed by atoms with Crippen molar-refractivity contribution in [1.29, 1.82) is 0 Å². The van der Waals surface area contributed by atoms with Gasteiger partial charge in [0.2, 0.25) is 10.8 Å². The first-order valence-corrected chi connectivity index (χ1v) is 32.1. The summed E-state index contributed by atoms with van der Waals surface area (Å²) >= 11 is 6.48. The van der Waals surface area contributed by atoms with Gasteiger partial charge in [-0.15, -0.1) is 34.0 Å². The normalized spacial score (nSPS) is 16.2. The third kappa shape index (κ3) is 16.8. The highest BCUT2D eigenvalue weighted by Gasteiger charge is 2.40. The molecule has 0 spiro atoms. The Hall–Kier alpha value is -3.45. The fraction of sp³-hybridized carbons (Fsp3) is 0.645. The lowest BCUT2D eigenvalue weighted by Gasteiger charge is -2.31. The summed E-state index contributed by atoms with van der Waals surface area (Å²) in [7, 11) is 0. The molecule has 4 unspecified atom stereocenters. The Morgan fingerprint density at radius 3 is 1.61 bits per heavy atom. The molecule has 4 atom stereocenters. The minimum Gasteiger partial charge on any atom is -0.506 e. The Morgan fingerprint density at radius 2 is 1.15 bits per heavy atom. The summed E-state index contributed by atoms with van der Waals surface area (Å²) in [5, 5.41) is 14.8. The predicted molar refractivity (Wildman–Crippen MR) is 322 cm³/mol. The van der Waals surface area contributed by atoms with Crippen LogP contribution < -0.4 is 14.0 Å². The van der Waals surface area contributed by atoms with E-state index in [4.69, 9.17) is 9.47 Å². The van der Waals surface area contributed by atoms with Gasteiger partial charge in [-0.1, -0.05) is 147 Å². The first-order valence-electron chi connectivity index (χ1n) is 28.8. The van der Waals surface area contributed by atoms with Crippen LogP contribution in [0.15, 0.2) is 28.9 Å². The topological polar surface area (TPSA) is 96.1 Å². The SMILES string of the molecule is CCCCC(CC)CN(CC(CC)CCCC)c1cc2sc(C3=C(O)/C(=c4/sc5c(c4/C=C/C(=O)OCC(C)C)SC(=[N+](CC(CC)CCCC)CC(CC)CCCC)C=5)C3=O)c(/C=C/C(=O)OCC(C)C)c2s1. The minimum absolute atomic E-state index is 0.0533. The predicted octanol–water partition coefficient (Wildman–Crippen LogP) is 16.1. The molecule has 410 valence electrons. The fourth-order valence-electron chi connectivity index (χ4n) is 9.92. The summed E-state index contributed by atoms with van der Waals surface area (Å²) in [6.07, 6.45) is 27.8. The van der Waals surface area contributed by atoms with Gasteiger partial charge in [0.1, 0.15) is 18.8 Å². The molecule has 1 aliphatic heterocycles. The lowest BCUT2D eigenvalue weighted by atomic mass is 9.85. The largest absolute Gasteiger partial charge is 0.506 e. The first kappa shape index (κ1) is 61.4. The zero-order valence-electron chi connectivity index (χ0n) is 47.5. The van der Waals surface area contributed by atoms with Crippen molar-refractivity contribution in [2.75, 3.05) is 44.3 Å². The number of allylic oxidation sites excluding steroid dienone is 2. The van der Waals surface area contributed by atoms with Crippen molar-refractivity contribution in [3.05, 3.63) is 49.0 Å². The highest BCUT2D eigenvalue weighted by Crippen LogP contribution is 2.49. The summed E-state index contributed by atoms with van der Waals surface area (Å²) in [5.41, 5.74) is 2.05. The monoisotopic (exact) mass is 1090 g/mol. The van der Waals surface area contributed by atoms with E-state index in [2.05, 4.69) is 77.0 Å². The number of rotatable bonds is 34. The van der Waals surface area contributed by atoms with Gasteiger partial charge in [-0.25, -0.2) is 14.2 Å². The third-order valence-corrected chi connectivity index (χ3v) is 19.8. The molecular formula is C62H93N2O6S4+. The first-order chi connectivity index (χ1) is 35.6. The molecule has 3 aromatic rings. The number of hydrogen-bond acceptors (Lipinski definition) is 11. The van der Waals surface area contributed by atoms with Crippen LogP contribution in [0.3, 0.4) is 0 Å². The lowest BCUT2D eigenvalue weighted by Crippen LogP contribution is -2.33. The second-order valence-electron chi connectivity index (χ2n) is 21.9. The number of Topliss-reactive ketones (excluding diaryl/α,β-unsaturated/α-hetero) is 1. The zero-order chi connectivity index (χ0) is 53.9. The van der Waals surface area contributed by atoms with Crippen molar-refractivity contribution in [3.8, 4) is 0 Å². The van der Waals surface area contributed by atoms with E-state index in [1.54, 1.807) is 35.3 Å². The van der Waals surface area contributed by atoms with Crippen LogP contribution in [-0.2, 0) is 23.9 Å². The molecule has 0 saturated heterocycles. The number of ketones is 1. The molecule has 0 saturated carbocycles. The number of nitrogens with zero attached hydrogens (tertiary/aromatic N) is 2. The number of aliphatic hydroxyl groups excluding tert-OH is 1. The summed E-state index contributed by atoms with van der Waals surface area (Å²) in [6, 6.07) is 2.28. The molecule has 1 N–H and O–H groups in total. The van der Waals surface area contributed by atoms with Gasteiger partial charge in [0.25, 0.3) is 0 Å². The van der Waals surface area contributed by atoms with Gasteiger partial charge >= 0.3 is 11.9 Å². The van der Waals surface area contributed by atoms with Gasteiger partial charge < -0.3 is 19.5 Å². The van der Waals surface area contributed by atoms with Crippen molar-refractivity contribution in [1.82, 2.24) is 0 Å². The average Bonchev–Trinajstić information content (AvgIpc) is 4.15. The highest BCUT2D eigenvalue weighted by atomic mass is 32.2. The molecule has 8 nitrogen and oxygen atoms in total. The molecule has 0 fully saturated rings. The summed E-state index contributed by atoms with van der Waals surface area (Å²) in [5.74, 6) is 1.56. The fourth-order valence-corrected chi connectivity index (χ4v) is 15.2. The van der Waals surface area contributed by atoms with Crippen LogP contribution in [0.1, 0.15) is 202 Å². The van der Waals surface area contributed by atoms with Gasteiger partial charge in [-0.05, 0) is 92.2 Å². The van der Waals surface area contributed by atoms with Crippen molar-refractivity contribution < 1.29 is 33.5 Å². The summed E-state index contributed by atoms with van der Waals surface area (Å²) in [6.45, 7) is 31.0. The number of esters is 2. The Kier molecular flexibility index (Phi) is 25.8. The molecule has 0 bridgehead atoms. The number of anilines is 1. The van der Waals surface area contributed by atoms with Crippen LogP contribution in [-0.4, -0.2) is 71.8 Å². The van der Waals surface area contributed by atoms with Crippen LogP contribution >= 0.6 is 45.8 Å². The Labute approximate surface area is 462 Å². The van der Waals surface area contributed by atoms with Crippen molar-refractivity contribution in [2.24, 2.45) is 35.5 Å². The number of thiophene rings is 3. The molecule has 2 aliphatic rings.